The molecular formula is C6H7FO4. The van der Waals surface area contributed by atoms with E-state index in [-0.39, 0.29) is 0 Å². The van der Waals surface area contributed by atoms with Crippen LogP contribution in [-0.2, 0) is 9.59 Å². The van der Waals surface area contributed by atoms with Gasteiger partial charge in [0.1, 0.15) is 0 Å². The molecule has 0 spiro atoms. The highest BCUT2D eigenvalue weighted by Gasteiger charge is 2.19. The van der Waals surface area contributed by atoms with Gasteiger partial charge in [-0.3, -0.25) is 0 Å². The monoisotopic (exact) mass is 162 g/mol. The third-order valence-corrected chi connectivity index (χ3v) is 0.996. The lowest BCUT2D eigenvalue weighted by Crippen LogP contribution is -2.17. The SMILES string of the molecule is C=C(C[C@@H](F)C(=O)O)C(=O)O. The molecule has 4 nitrogen and oxygen atoms in total. The molecule has 5 heteroatoms. The van der Waals surface area contributed by atoms with E-state index in [1.165, 1.54) is 0 Å². The Kier molecular flexibility index (Phi) is 3.23. The van der Waals surface area contributed by atoms with Gasteiger partial charge in [0.05, 0.1) is 0 Å². The normalized spacial score (nSPS) is 12.1. The molecule has 0 aliphatic heterocycles. The zero-order valence-corrected chi connectivity index (χ0v) is 5.58. The van der Waals surface area contributed by atoms with Gasteiger partial charge in [0.25, 0.3) is 0 Å². The maximum Gasteiger partial charge on any atom is 0.338 e. The summed E-state index contributed by atoms with van der Waals surface area (Å²) in [4.78, 5) is 19.8. The van der Waals surface area contributed by atoms with E-state index in [0.29, 0.717) is 0 Å². The quantitative estimate of drug-likeness (QED) is 0.588. The summed E-state index contributed by atoms with van der Waals surface area (Å²) in [6, 6.07) is 0. The third-order valence-electron chi connectivity index (χ3n) is 0.996. The predicted molar refractivity (Wildman–Crippen MR) is 33.9 cm³/mol. The first-order valence-electron chi connectivity index (χ1n) is 2.73. The van der Waals surface area contributed by atoms with Crippen molar-refractivity contribution in [3.05, 3.63) is 12.2 Å². The van der Waals surface area contributed by atoms with Gasteiger partial charge in [0.2, 0.25) is 6.17 Å². The molecule has 0 fully saturated rings. The van der Waals surface area contributed by atoms with Crippen molar-refractivity contribution in [1.82, 2.24) is 0 Å². The molecule has 0 aromatic rings. The molecule has 0 aromatic carbocycles. The first-order valence-corrected chi connectivity index (χ1v) is 2.73. The average molecular weight is 162 g/mol. The second-order valence-electron chi connectivity index (χ2n) is 1.92. The Morgan fingerprint density at radius 1 is 1.45 bits per heavy atom. The minimum absolute atomic E-state index is 0.445. The lowest BCUT2D eigenvalue weighted by Gasteiger charge is -2.00. The molecule has 0 rings (SSSR count). The van der Waals surface area contributed by atoms with E-state index in [0.717, 1.165) is 0 Å². The number of aliphatic carboxylic acids is 2. The average Bonchev–Trinajstić information content (AvgIpc) is 1.87. The zero-order chi connectivity index (χ0) is 9.02. The molecule has 2 N–H and O–H groups in total. The number of carbonyl (C=O) groups is 2. The van der Waals surface area contributed by atoms with Gasteiger partial charge in [-0.25, -0.2) is 14.0 Å². The Morgan fingerprint density at radius 2 is 1.91 bits per heavy atom. The first kappa shape index (κ1) is 9.61. The molecule has 0 aliphatic carbocycles. The van der Waals surface area contributed by atoms with Crippen LogP contribution in [0.2, 0.25) is 0 Å². The largest absolute Gasteiger partial charge is 0.479 e. The van der Waals surface area contributed by atoms with Crippen LogP contribution in [0.4, 0.5) is 4.39 Å². The number of rotatable bonds is 4. The van der Waals surface area contributed by atoms with Crippen LogP contribution in [0.1, 0.15) is 6.42 Å². The van der Waals surface area contributed by atoms with Crippen LogP contribution in [0.25, 0.3) is 0 Å². The molecule has 0 radical (unpaired) electrons. The van der Waals surface area contributed by atoms with Crippen molar-refractivity contribution in [1.29, 1.82) is 0 Å². The molecule has 0 unspecified atom stereocenters. The molecule has 0 bridgehead atoms. The lowest BCUT2D eigenvalue weighted by molar-refractivity contribution is -0.142. The van der Waals surface area contributed by atoms with Crippen molar-refractivity contribution in [3.8, 4) is 0 Å². The van der Waals surface area contributed by atoms with Crippen molar-refractivity contribution >= 4 is 11.9 Å². The molecule has 0 saturated heterocycles. The van der Waals surface area contributed by atoms with Crippen LogP contribution >= 0.6 is 0 Å². The molecule has 0 aliphatic rings. The van der Waals surface area contributed by atoms with E-state index in [1.807, 2.05) is 0 Å². The molecule has 62 valence electrons. The van der Waals surface area contributed by atoms with E-state index >= 15 is 0 Å². The topological polar surface area (TPSA) is 74.6 Å². The van der Waals surface area contributed by atoms with E-state index in [4.69, 9.17) is 10.2 Å². The van der Waals surface area contributed by atoms with Crippen molar-refractivity contribution in [2.75, 3.05) is 0 Å². The molecule has 0 aromatic heterocycles. The minimum atomic E-state index is -2.18. The molecule has 0 amide bonds. The molecule has 0 heterocycles. The van der Waals surface area contributed by atoms with Crippen LogP contribution in [0.3, 0.4) is 0 Å². The van der Waals surface area contributed by atoms with Crippen LogP contribution in [0.5, 0.6) is 0 Å². The number of carboxylic acids is 2. The number of hydrogen-bond donors (Lipinski definition) is 2. The molecule has 0 saturated carbocycles. The summed E-state index contributed by atoms with van der Waals surface area (Å²) < 4.78 is 12.2. The van der Waals surface area contributed by atoms with E-state index < -0.39 is 30.1 Å². The summed E-state index contributed by atoms with van der Waals surface area (Å²) >= 11 is 0. The Morgan fingerprint density at radius 3 is 2.18 bits per heavy atom. The van der Waals surface area contributed by atoms with Gasteiger partial charge in [0.15, 0.2) is 0 Å². The maximum absolute atomic E-state index is 12.2. The maximum atomic E-state index is 12.2. The van der Waals surface area contributed by atoms with Crippen molar-refractivity contribution in [2.45, 2.75) is 12.6 Å². The van der Waals surface area contributed by atoms with Gasteiger partial charge in [-0.15, -0.1) is 0 Å². The molecular weight excluding hydrogens is 155 g/mol. The van der Waals surface area contributed by atoms with Gasteiger partial charge in [-0.1, -0.05) is 6.58 Å². The van der Waals surface area contributed by atoms with E-state index in [9.17, 15) is 14.0 Å². The van der Waals surface area contributed by atoms with Crippen LogP contribution < -0.4 is 0 Å². The smallest absolute Gasteiger partial charge is 0.338 e. The summed E-state index contributed by atoms with van der Waals surface area (Å²) in [7, 11) is 0. The first-order chi connectivity index (χ1) is 4.95. The summed E-state index contributed by atoms with van der Waals surface area (Å²) in [5.74, 6) is -3.05. The molecule has 11 heavy (non-hydrogen) atoms. The predicted octanol–water partition coefficient (Wildman–Crippen LogP) is 0.440. The fourth-order valence-electron chi connectivity index (χ4n) is 0.391. The highest BCUT2D eigenvalue weighted by molar-refractivity contribution is 5.87. The van der Waals surface area contributed by atoms with Crippen LogP contribution in [0, 0.1) is 0 Å². The highest BCUT2D eigenvalue weighted by Crippen LogP contribution is 2.06. The zero-order valence-electron chi connectivity index (χ0n) is 5.58. The minimum Gasteiger partial charge on any atom is -0.479 e. The number of hydrogen-bond acceptors (Lipinski definition) is 2. The van der Waals surface area contributed by atoms with Gasteiger partial charge in [0, 0.05) is 12.0 Å². The van der Waals surface area contributed by atoms with Crippen LogP contribution in [-0.4, -0.2) is 28.3 Å². The van der Waals surface area contributed by atoms with Gasteiger partial charge in [-0.2, -0.15) is 0 Å². The van der Waals surface area contributed by atoms with Crippen molar-refractivity contribution in [2.24, 2.45) is 0 Å². The number of carboxylic acid groups (broad SMARTS) is 2. The fourth-order valence-corrected chi connectivity index (χ4v) is 0.391. The van der Waals surface area contributed by atoms with Gasteiger partial charge >= 0.3 is 11.9 Å². The van der Waals surface area contributed by atoms with Gasteiger partial charge < -0.3 is 10.2 Å². The Hall–Kier alpha value is -1.39. The third kappa shape index (κ3) is 3.34. The summed E-state index contributed by atoms with van der Waals surface area (Å²) in [5, 5.41) is 16.2. The summed E-state index contributed by atoms with van der Waals surface area (Å²) in [5.41, 5.74) is -0.445. The standard InChI is InChI=1S/C6H7FO4/c1-3(5(8)9)2-4(7)6(10)11/h4H,1-2H2,(H,8,9)(H,10,11)/t4-/m1/s1. The summed E-state index contributed by atoms with van der Waals surface area (Å²) in [6.45, 7) is 2.97. The molecule has 1 atom stereocenters. The summed E-state index contributed by atoms with van der Waals surface area (Å²) in [6.07, 6.45) is -2.86. The van der Waals surface area contributed by atoms with Crippen molar-refractivity contribution < 1.29 is 24.2 Å². The Labute approximate surface area is 62.0 Å². The van der Waals surface area contributed by atoms with E-state index in [2.05, 4.69) is 6.58 Å². The highest BCUT2D eigenvalue weighted by atomic mass is 19.1. The van der Waals surface area contributed by atoms with Crippen molar-refractivity contribution in [3.63, 3.8) is 0 Å². The fraction of sp³-hybridized carbons (Fsp3) is 0.333. The number of halogens is 1. The van der Waals surface area contributed by atoms with Gasteiger partial charge in [-0.05, 0) is 0 Å². The lowest BCUT2D eigenvalue weighted by atomic mass is 10.1. The number of alkyl halides is 1. The second-order valence-corrected chi connectivity index (χ2v) is 1.92. The Bertz CT molecular complexity index is 199. The van der Waals surface area contributed by atoms with E-state index in [1.54, 1.807) is 0 Å². The second kappa shape index (κ2) is 3.70. The van der Waals surface area contributed by atoms with Crippen LogP contribution in [0.15, 0.2) is 12.2 Å². The Balaban J connectivity index is 3.95.